The van der Waals surface area contributed by atoms with E-state index in [0.29, 0.717) is 6.54 Å². The Morgan fingerprint density at radius 1 is 1.09 bits per heavy atom. The first-order valence-electron chi connectivity index (χ1n) is 7.74. The molecule has 0 heterocycles. The SMILES string of the molecule is CCN(CC(=O)N(C(C)C)C(C)C)Cc1c(F)cccc1F. The van der Waals surface area contributed by atoms with Crippen molar-refractivity contribution in [3.63, 3.8) is 0 Å². The molecule has 3 nitrogen and oxygen atoms in total. The van der Waals surface area contributed by atoms with Crippen molar-refractivity contribution in [2.75, 3.05) is 13.1 Å². The highest BCUT2D eigenvalue weighted by Gasteiger charge is 2.22. The van der Waals surface area contributed by atoms with Gasteiger partial charge in [-0.1, -0.05) is 13.0 Å². The summed E-state index contributed by atoms with van der Waals surface area (Å²) in [6.45, 7) is 10.5. The van der Waals surface area contributed by atoms with Gasteiger partial charge in [0.15, 0.2) is 0 Å². The standard InChI is InChI=1S/C17H26F2N2O/c1-6-20(10-14-15(18)8-7-9-16(14)19)11-17(22)21(12(2)3)13(4)5/h7-9,12-13H,6,10-11H2,1-5H3. The number of nitrogens with zero attached hydrogens (tertiary/aromatic N) is 2. The lowest BCUT2D eigenvalue weighted by molar-refractivity contribution is -0.136. The predicted molar refractivity (Wildman–Crippen MR) is 84.4 cm³/mol. The fourth-order valence-corrected chi connectivity index (χ4v) is 2.63. The maximum absolute atomic E-state index is 13.7. The van der Waals surface area contributed by atoms with E-state index < -0.39 is 11.6 Å². The molecule has 0 radical (unpaired) electrons. The molecule has 124 valence electrons. The summed E-state index contributed by atoms with van der Waals surface area (Å²) < 4.78 is 27.5. The molecule has 1 aromatic carbocycles. The zero-order chi connectivity index (χ0) is 16.9. The topological polar surface area (TPSA) is 23.6 Å². The van der Waals surface area contributed by atoms with Crippen LogP contribution in [0.4, 0.5) is 8.78 Å². The molecule has 1 aromatic rings. The van der Waals surface area contributed by atoms with Crippen molar-refractivity contribution in [1.29, 1.82) is 0 Å². The van der Waals surface area contributed by atoms with E-state index in [1.807, 2.05) is 34.6 Å². The molecule has 0 N–H and O–H groups in total. The first-order chi connectivity index (χ1) is 10.3. The molecule has 0 unspecified atom stereocenters. The Balaban J connectivity index is 2.83. The van der Waals surface area contributed by atoms with Crippen LogP contribution in [0.1, 0.15) is 40.2 Å². The molecule has 0 aromatic heterocycles. The molecule has 0 fully saturated rings. The maximum atomic E-state index is 13.7. The van der Waals surface area contributed by atoms with E-state index in [4.69, 9.17) is 0 Å². The fourth-order valence-electron chi connectivity index (χ4n) is 2.63. The highest BCUT2D eigenvalue weighted by atomic mass is 19.1. The van der Waals surface area contributed by atoms with Crippen molar-refractivity contribution in [2.45, 2.75) is 53.2 Å². The van der Waals surface area contributed by atoms with Crippen LogP contribution in [0.3, 0.4) is 0 Å². The number of carbonyl (C=O) groups excluding carboxylic acids is 1. The third kappa shape index (κ3) is 4.77. The molecule has 0 aliphatic rings. The van der Waals surface area contributed by atoms with E-state index in [0.717, 1.165) is 0 Å². The Morgan fingerprint density at radius 2 is 1.59 bits per heavy atom. The number of likely N-dealkylation sites (N-methyl/N-ethyl adjacent to an activating group) is 1. The molecule has 0 spiro atoms. The predicted octanol–water partition coefficient (Wildman–Crippen LogP) is 3.43. The van der Waals surface area contributed by atoms with Crippen molar-refractivity contribution in [1.82, 2.24) is 9.80 Å². The molecule has 0 atom stereocenters. The first-order valence-corrected chi connectivity index (χ1v) is 7.74. The fraction of sp³-hybridized carbons (Fsp3) is 0.588. The second-order valence-electron chi connectivity index (χ2n) is 5.99. The van der Waals surface area contributed by atoms with Gasteiger partial charge in [-0.25, -0.2) is 8.78 Å². The average molecular weight is 312 g/mol. The average Bonchev–Trinajstić information content (AvgIpc) is 2.40. The number of carbonyl (C=O) groups is 1. The van der Waals surface area contributed by atoms with Crippen LogP contribution in [-0.2, 0) is 11.3 Å². The van der Waals surface area contributed by atoms with Gasteiger partial charge in [0.05, 0.1) is 6.54 Å². The van der Waals surface area contributed by atoms with Gasteiger partial charge in [-0.3, -0.25) is 9.69 Å². The van der Waals surface area contributed by atoms with Gasteiger partial charge in [-0.2, -0.15) is 0 Å². The van der Waals surface area contributed by atoms with Crippen molar-refractivity contribution < 1.29 is 13.6 Å². The van der Waals surface area contributed by atoms with Crippen molar-refractivity contribution >= 4 is 5.91 Å². The quantitative estimate of drug-likeness (QED) is 0.770. The van der Waals surface area contributed by atoms with Crippen LogP contribution in [0.5, 0.6) is 0 Å². The minimum Gasteiger partial charge on any atom is -0.337 e. The van der Waals surface area contributed by atoms with Crippen LogP contribution in [-0.4, -0.2) is 40.9 Å². The highest BCUT2D eigenvalue weighted by Crippen LogP contribution is 2.15. The molecule has 0 saturated heterocycles. The van der Waals surface area contributed by atoms with Gasteiger partial charge in [0.25, 0.3) is 0 Å². The summed E-state index contributed by atoms with van der Waals surface area (Å²) in [6.07, 6.45) is 0. The number of amides is 1. The summed E-state index contributed by atoms with van der Waals surface area (Å²) in [5.41, 5.74) is 0.0118. The third-order valence-electron chi connectivity index (χ3n) is 3.65. The maximum Gasteiger partial charge on any atom is 0.237 e. The van der Waals surface area contributed by atoms with Gasteiger partial charge in [-0.15, -0.1) is 0 Å². The summed E-state index contributed by atoms with van der Waals surface area (Å²) in [5.74, 6) is -1.17. The lowest BCUT2D eigenvalue weighted by atomic mass is 10.1. The van der Waals surface area contributed by atoms with Crippen LogP contribution >= 0.6 is 0 Å². The van der Waals surface area contributed by atoms with Crippen molar-refractivity contribution in [3.8, 4) is 0 Å². The van der Waals surface area contributed by atoms with Crippen LogP contribution in [0.15, 0.2) is 18.2 Å². The van der Waals surface area contributed by atoms with E-state index >= 15 is 0 Å². The number of hydrogen-bond donors (Lipinski definition) is 0. The van der Waals surface area contributed by atoms with Gasteiger partial charge in [-0.05, 0) is 46.4 Å². The van der Waals surface area contributed by atoms with Crippen LogP contribution in [0, 0.1) is 11.6 Å². The monoisotopic (exact) mass is 312 g/mol. The van der Waals surface area contributed by atoms with E-state index in [1.165, 1.54) is 18.2 Å². The molecule has 22 heavy (non-hydrogen) atoms. The molecular formula is C17H26F2N2O. The largest absolute Gasteiger partial charge is 0.337 e. The molecule has 0 saturated carbocycles. The Kier molecular flexibility index (Phi) is 6.94. The second kappa shape index (κ2) is 8.22. The van der Waals surface area contributed by atoms with Crippen LogP contribution in [0.25, 0.3) is 0 Å². The van der Waals surface area contributed by atoms with Gasteiger partial charge < -0.3 is 4.90 Å². The zero-order valence-corrected chi connectivity index (χ0v) is 14.1. The second-order valence-corrected chi connectivity index (χ2v) is 5.99. The number of benzene rings is 1. The summed E-state index contributed by atoms with van der Waals surface area (Å²) in [7, 11) is 0. The molecule has 1 amide bonds. The Bertz CT molecular complexity index is 475. The lowest BCUT2D eigenvalue weighted by Crippen LogP contribution is -2.47. The summed E-state index contributed by atoms with van der Waals surface area (Å²) >= 11 is 0. The number of halogens is 2. The molecule has 1 rings (SSSR count). The zero-order valence-electron chi connectivity index (χ0n) is 14.1. The van der Waals surface area contributed by atoms with Crippen molar-refractivity contribution in [3.05, 3.63) is 35.4 Å². The summed E-state index contributed by atoms with van der Waals surface area (Å²) in [5, 5.41) is 0. The van der Waals surface area contributed by atoms with E-state index in [1.54, 1.807) is 9.80 Å². The highest BCUT2D eigenvalue weighted by molar-refractivity contribution is 5.78. The van der Waals surface area contributed by atoms with Crippen LogP contribution < -0.4 is 0 Å². The van der Waals surface area contributed by atoms with Gasteiger partial charge in [0.1, 0.15) is 11.6 Å². The Hall–Kier alpha value is -1.49. The van der Waals surface area contributed by atoms with Gasteiger partial charge >= 0.3 is 0 Å². The number of rotatable bonds is 7. The number of hydrogen-bond acceptors (Lipinski definition) is 2. The lowest BCUT2D eigenvalue weighted by Gasteiger charge is -2.33. The third-order valence-corrected chi connectivity index (χ3v) is 3.65. The Morgan fingerprint density at radius 3 is 2.00 bits per heavy atom. The molecule has 5 heteroatoms. The van der Waals surface area contributed by atoms with Crippen molar-refractivity contribution in [2.24, 2.45) is 0 Å². The summed E-state index contributed by atoms with van der Waals surface area (Å²) in [4.78, 5) is 16.0. The summed E-state index contributed by atoms with van der Waals surface area (Å²) in [6, 6.07) is 4.01. The normalized spacial score (nSPS) is 11.5. The molecule has 0 aliphatic heterocycles. The minimum absolute atomic E-state index is 0.0118. The smallest absolute Gasteiger partial charge is 0.237 e. The first kappa shape index (κ1) is 18.6. The molecule has 0 bridgehead atoms. The molecular weight excluding hydrogens is 286 g/mol. The van der Waals surface area contributed by atoms with E-state index in [-0.39, 0.29) is 36.6 Å². The molecule has 0 aliphatic carbocycles. The van der Waals surface area contributed by atoms with Crippen LogP contribution in [0.2, 0.25) is 0 Å². The van der Waals surface area contributed by atoms with Gasteiger partial charge in [0, 0.05) is 24.2 Å². The van der Waals surface area contributed by atoms with E-state index in [9.17, 15) is 13.6 Å². The minimum atomic E-state index is -0.574. The van der Waals surface area contributed by atoms with Gasteiger partial charge in [0.2, 0.25) is 5.91 Å². The Labute approximate surface area is 131 Å². The van der Waals surface area contributed by atoms with E-state index in [2.05, 4.69) is 0 Å².